The number of hydrogen-bond donors (Lipinski definition) is 0. The predicted molar refractivity (Wildman–Crippen MR) is 89.4 cm³/mol. The van der Waals surface area contributed by atoms with Gasteiger partial charge in [-0.1, -0.05) is 12.1 Å². The van der Waals surface area contributed by atoms with Crippen LogP contribution in [-0.4, -0.2) is 46.2 Å². The minimum atomic E-state index is 0.114. The standard InChI is InChI=1S/C17H22N6O/c1-3-4-15-20-17(24-21-15)13(2)22-7-9-23(10-8-22)16-11-14(12-18)5-6-19-16/h5-6,11,13H,3-4,7-10H2,1-2H3/t13-/m0/s1. The number of pyridine rings is 1. The Morgan fingerprint density at radius 3 is 2.83 bits per heavy atom. The molecule has 3 heterocycles. The van der Waals surface area contributed by atoms with Crippen LogP contribution in [0.5, 0.6) is 0 Å². The summed E-state index contributed by atoms with van der Waals surface area (Å²) in [5.74, 6) is 2.34. The van der Waals surface area contributed by atoms with Crippen molar-refractivity contribution in [3.63, 3.8) is 0 Å². The maximum Gasteiger partial charge on any atom is 0.243 e. The zero-order chi connectivity index (χ0) is 16.9. The van der Waals surface area contributed by atoms with E-state index in [9.17, 15) is 0 Å². The Kier molecular flexibility index (Phi) is 5.06. The lowest BCUT2D eigenvalue weighted by Crippen LogP contribution is -2.47. The summed E-state index contributed by atoms with van der Waals surface area (Å²) in [4.78, 5) is 13.4. The minimum Gasteiger partial charge on any atom is -0.354 e. The summed E-state index contributed by atoms with van der Waals surface area (Å²) >= 11 is 0. The van der Waals surface area contributed by atoms with E-state index in [1.54, 1.807) is 12.3 Å². The zero-order valence-corrected chi connectivity index (χ0v) is 14.1. The molecule has 7 nitrogen and oxygen atoms in total. The van der Waals surface area contributed by atoms with Crippen LogP contribution in [0.15, 0.2) is 22.9 Å². The van der Waals surface area contributed by atoms with Crippen molar-refractivity contribution in [3.05, 3.63) is 35.6 Å². The second-order valence-corrected chi connectivity index (χ2v) is 6.01. The molecule has 3 rings (SSSR count). The van der Waals surface area contributed by atoms with Gasteiger partial charge in [-0.3, -0.25) is 4.90 Å². The van der Waals surface area contributed by atoms with E-state index in [4.69, 9.17) is 9.78 Å². The molecule has 126 valence electrons. The van der Waals surface area contributed by atoms with Crippen LogP contribution in [0.2, 0.25) is 0 Å². The molecule has 0 aromatic carbocycles. The van der Waals surface area contributed by atoms with E-state index in [-0.39, 0.29) is 6.04 Å². The lowest BCUT2D eigenvalue weighted by atomic mass is 10.2. The first-order chi connectivity index (χ1) is 11.7. The van der Waals surface area contributed by atoms with Crippen molar-refractivity contribution in [1.29, 1.82) is 5.26 Å². The van der Waals surface area contributed by atoms with Crippen molar-refractivity contribution in [2.75, 3.05) is 31.1 Å². The van der Waals surface area contributed by atoms with Gasteiger partial charge < -0.3 is 9.42 Å². The maximum absolute atomic E-state index is 9.01. The average molecular weight is 326 g/mol. The van der Waals surface area contributed by atoms with Crippen molar-refractivity contribution in [1.82, 2.24) is 20.0 Å². The summed E-state index contributed by atoms with van der Waals surface area (Å²) in [5, 5.41) is 13.1. The molecular weight excluding hydrogens is 304 g/mol. The number of aromatic nitrogens is 3. The number of anilines is 1. The maximum atomic E-state index is 9.01. The normalized spacial score (nSPS) is 16.8. The Morgan fingerprint density at radius 1 is 1.33 bits per heavy atom. The molecule has 0 bridgehead atoms. The quantitative estimate of drug-likeness (QED) is 0.832. The van der Waals surface area contributed by atoms with Crippen molar-refractivity contribution in [2.24, 2.45) is 0 Å². The second-order valence-electron chi connectivity index (χ2n) is 6.01. The third-order valence-corrected chi connectivity index (χ3v) is 4.38. The van der Waals surface area contributed by atoms with Gasteiger partial charge in [-0.15, -0.1) is 0 Å². The number of piperazine rings is 1. The molecule has 0 unspecified atom stereocenters. The Morgan fingerprint density at radius 2 is 2.12 bits per heavy atom. The fourth-order valence-electron chi connectivity index (χ4n) is 2.92. The topological polar surface area (TPSA) is 82.1 Å². The first-order valence-electron chi connectivity index (χ1n) is 8.39. The second kappa shape index (κ2) is 7.41. The molecule has 2 aromatic rings. The average Bonchev–Trinajstić information content (AvgIpc) is 3.10. The summed E-state index contributed by atoms with van der Waals surface area (Å²) in [6, 6.07) is 5.85. The van der Waals surface area contributed by atoms with Crippen LogP contribution in [0, 0.1) is 11.3 Å². The van der Waals surface area contributed by atoms with E-state index in [2.05, 4.69) is 44.8 Å². The molecule has 0 aliphatic carbocycles. The zero-order valence-electron chi connectivity index (χ0n) is 14.1. The molecule has 1 aliphatic rings. The van der Waals surface area contributed by atoms with E-state index in [1.165, 1.54) is 0 Å². The van der Waals surface area contributed by atoms with Gasteiger partial charge in [0.1, 0.15) is 5.82 Å². The third kappa shape index (κ3) is 3.54. The largest absolute Gasteiger partial charge is 0.354 e. The molecule has 0 saturated carbocycles. The minimum absolute atomic E-state index is 0.114. The van der Waals surface area contributed by atoms with Crippen molar-refractivity contribution in [2.45, 2.75) is 32.7 Å². The summed E-state index contributed by atoms with van der Waals surface area (Å²) in [6.07, 6.45) is 3.56. The highest BCUT2D eigenvalue weighted by Crippen LogP contribution is 2.22. The van der Waals surface area contributed by atoms with Gasteiger partial charge in [0.15, 0.2) is 5.82 Å². The summed E-state index contributed by atoms with van der Waals surface area (Å²) < 4.78 is 5.41. The smallest absolute Gasteiger partial charge is 0.243 e. The Bertz CT molecular complexity index is 714. The molecule has 1 atom stereocenters. The molecule has 0 amide bonds. The van der Waals surface area contributed by atoms with Crippen LogP contribution in [-0.2, 0) is 6.42 Å². The first-order valence-corrected chi connectivity index (χ1v) is 8.39. The van der Waals surface area contributed by atoms with Crippen molar-refractivity contribution in [3.8, 4) is 6.07 Å². The van der Waals surface area contributed by atoms with E-state index >= 15 is 0 Å². The fourth-order valence-corrected chi connectivity index (χ4v) is 2.92. The van der Waals surface area contributed by atoms with Crippen LogP contribution in [0.25, 0.3) is 0 Å². The highest BCUT2D eigenvalue weighted by Gasteiger charge is 2.26. The lowest BCUT2D eigenvalue weighted by molar-refractivity contribution is 0.164. The molecule has 24 heavy (non-hydrogen) atoms. The monoisotopic (exact) mass is 326 g/mol. The Balaban J connectivity index is 1.60. The van der Waals surface area contributed by atoms with E-state index in [0.29, 0.717) is 11.5 Å². The Hall–Kier alpha value is -2.46. The molecule has 1 aliphatic heterocycles. The molecule has 0 radical (unpaired) electrons. The van der Waals surface area contributed by atoms with Crippen LogP contribution in [0.4, 0.5) is 5.82 Å². The van der Waals surface area contributed by atoms with Gasteiger partial charge in [0.25, 0.3) is 0 Å². The van der Waals surface area contributed by atoms with E-state index in [0.717, 1.165) is 50.7 Å². The van der Waals surface area contributed by atoms with E-state index in [1.807, 2.05) is 6.07 Å². The molecule has 1 saturated heterocycles. The number of nitriles is 1. The van der Waals surface area contributed by atoms with Crippen molar-refractivity contribution < 1.29 is 4.52 Å². The first kappa shape index (κ1) is 16.4. The molecule has 0 N–H and O–H groups in total. The number of aryl methyl sites for hydroxylation is 1. The SMILES string of the molecule is CCCc1noc([C@H](C)N2CCN(c3cc(C#N)ccn3)CC2)n1. The number of nitrogens with zero attached hydrogens (tertiary/aromatic N) is 6. The predicted octanol–water partition coefficient (Wildman–Crippen LogP) is 2.17. The summed E-state index contributed by atoms with van der Waals surface area (Å²) in [7, 11) is 0. The number of hydrogen-bond acceptors (Lipinski definition) is 7. The van der Waals surface area contributed by atoms with Gasteiger partial charge in [0.05, 0.1) is 17.7 Å². The van der Waals surface area contributed by atoms with Crippen molar-refractivity contribution >= 4 is 5.82 Å². The molecule has 0 spiro atoms. The van der Waals surface area contributed by atoms with Crippen LogP contribution < -0.4 is 4.90 Å². The number of rotatable bonds is 5. The van der Waals surface area contributed by atoms with E-state index < -0.39 is 0 Å². The molecule has 2 aromatic heterocycles. The summed E-state index contributed by atoms with van der Waals surface area (Å²) in [5.41, 5.74) is 0.644. The fraction of sp³-hybridized carbons (Fsp3) is 0.529. The highest BCUT2D eigenvalue weighted by molar-refractivity contribution is 5.45. The van der Waals surface area contributed by atoms with Gasteiger partial charge in [-0.25, -0.2) is 4.98 Å². The summed E-state index contributed by atoms with van der Waals surface area (Å²) in [6.45, 7) is 7.72. The lowest BCUT2D eigenvalue weighted by Gasteiger charge is -2.37. The molecule has 1 fully saturated rings. The van der Waals surface area contributed by atoms with Gasteiger partial charge in [-0.2, -0.15) is 10.2 Å². The third-order valence-electron chi connectivity index (χ3n) is 4.38. The Labute approximate surface area is 141 Å². The highest BCUT2D eigenvalue weighted by atomic mass is 16.5. The molecule has 7 heteroatoms. The van der Waals surface area contributed by atoms with Gasteiger partial charge >= 0.3 is 0 Å². The molecular formula is C17H22N6O. The van der Waals surface area contributed by atoms with Gasteiger partial charge in [0, 0.05) is 38.8 Å². The van der Waals surface area contributed by atoms with Crippen LogP contribution in [0.1, 0.15) is 43.6 Å². The van der Waals surface area contributed by atoms with Crippen LogP contribution in [0.3, 0.4) is 0 Å². The van der Waals surface area contributed by atoms with Gasteiger partial charge in [-0.05, 0) is 25.5 Å². The van der Waals surface area contributed by atoms with Crippen LogP contribution >= 0.6 is 0 Å². The van der Waals surface area contributed by atoms with Gasteiger partial charge in [0.2, 0.25) is 5.89 Å².